The number of hydrogen-bond donors (Lipinski definition) is 1. The van der Waals surface area contributed by atoms with Crippen LogP contribution in [0.15, 0.2) is 48.5 Å². The van der Waals surface area contributed by atoms with E-state index in [1.54, 1.807) is 12.0 Å². The number of hydrogen-bond acceptors (Lipinski definition) is 3. The summed E-state index contributed by atoms with van der Waals surface area (Å²) in [5, 5.41) is 3.04. The summed E-state index contributed by atoms with van der Waals surface area (Å²) < 4.78 is 5.32. The van der Waals surface area contributed by atoms with Gasteiger partial charge in [-0.3, -0.25) is 9.59 Å². The van der Waals surface area contributed by atoms with Crippen LogP contribution in [-0.2, 0) is 22.6 Å². The molecule has 2 rings (SSSR count). The maximum Gasteiger partial charge on any atom is 0.243 e. The average molecular weight is 411 g/mol. The lowest BCUT2D eigenvalue weighted by molar-refractivity contribution is -0.141. The Balaban J connectivity index is 2.31. The van der Waals surface area contributed by atoms with E-state index in [4.69, 9.17) is 4.74 Å². The van der Waals surface area contributed by atoms with Crippen molar-refractivity contribution in [2.75, 3.05) is 7.11 Å². The minimum Gasteiger partial charge on any atom is -0.497 e. The van der Waals surface area contributed by atoms with Gasteiger partial charge in [0.2, 0.25) is 11.8 Å². The van der Waals surface area contributed by atoms with Gasteiger partial charge in [-0.1, -0.05) is 55.8 Å². The van der Waals surface area contributed by atoms with Crippen LogP contribution in [0.3, 0.4) is 0 Å². The number of ether oxygens (including phenoxy) is 1. The smallest absolute Gasteiger partial charge is 0.243 e. The molecule has 2 aromatic rings. The van der Waals surface area contributed by atoms with Crippen molar-refractivity contribution in [3.05, 3.63) is 65.2 Å². The van der Waals surface area contributed by atoms with Crippen molar-refractivity contribution in [1.29, 1.82) is 0 Å². The monoisotopic (exact) mass is 410 g/mol. The number of nitrogens with one attached hydrogen (secondary N) is 1. The lowest BCUT2D eigenvalue weighted by Gasteiger charge is -2.31. The van der Waals surface area contributed by atoms with Gasteiger partial charge in [0, 0.05) is 12.6 Å². The minimum absolute atomic E-state index is 0.0606. The third-order valence-electron chi connectivity index (χ3n) is 5.31. The highest BCUT2D eigenvalue weighted by atomic mass is 16.5. The molecule has 5 heteroatoms. The number of rotatable bonds is 10. The van der Waals surface area contributed by atoms with E-state index in [9.17, 15) is 9.59 Å². The molecule has 0 heterocycles. The first-order valence-corrected chi connectivity index (χ1v) is 10.7. The second kappa shape index (κ2) is 11.4. The molecule has 0 aliphatic heterocycles. The van der Waals surface area contributed by atoms with Crippen LogP contribution in [0.1, 0.15) is 50.3 Å². The number of aryl methyl sites for hydroxylation is 1. The summed E-state index contributed by atoms with van der Waals surface area (Å²) in [6.45, 7) is 8.32. The van der Waals surface area contributed by atoms with Crippen molar-refractivity contribution in [2.24, 2.45) is 0 Å². The molecular formula is C25H34N2O3. The van der Waals surface area contributed by atoms with E-state index in [1.807, 2.05) is 76.2 Å². The molecule has 5 nitrogen and oxygen atoms in total. The zero-order valence-electron chi connectivity index (χ0n) is 18.8. The summed E-state index contributed by atoms with van der Waals surface area (Å²) in [5.41, 5.74) is 3.00. The molecule has 0 saturated carbocycles. The molecule has 162 valence electrons. The molecule has 0 aliphatic carbocycles. The van der Waals surface area contributed by atoms with Crippen LogP contribution in [0.5, 0.6) is 5.75 Å². The Morgan fingerprint density at radius 1 is 1.03 bits per heavy atom. The summed E-state index contributed by atoms with van der Waals surface area (Å²) in [5.74, 6) is 0.567. The zero-order chi connectivity index (χ0) is 22.1. The van der Waals surface area contributed by atoms with Gasteiger partial charge in [-0.2, -0.15) is 0 Å². The van der Waals surface area contributed by atoms with E-state index < -0.39 is 6.04 Å². The Hall–Kier alpha value is -2.82. The molecule has 0 unspecified atom stereocenters. The van der Waals surface area contributed by atoms with Gasteiger partial charge in [0.05, 0.1) is 13.5 Å². The highest BCUT2D eigenvalue weighted by molar-refractivity contribution is 5.88. The Labute approximate surface area is 180 Å². The highest BCUT2D eigenvalue weighted by Crippen LogP contribution is 2.19. The number of benzene rings is 2. The number of carbonyl (C=O) groups excluding carboxylic acids is 2. The van der Waals surface area contributed by atoms with Crippen molar-refractivity contribution in [2.45, 2.75) is 65.6 Å². The summed E-state index contributed by atoms with van der Waals surface area (Å²) in [7, 11) is 1.62. The first-order valence-electron chi connectivity index (χ1n) is 10.7. The van der Waals surface area contributed by atoms with E-state index in [0.29, 0.717) is 13.0 Å². The molecule has 0 saturated heterocycles. The predicted molar refractivity (Wildman–Crippen MR) is 120 cm³/mol. The Morgan fingerprint density at radius 3 is 2.37 bits per heavy atom. The average Bonchev–Trinajstić information content (AvgIpc) is 2.73. The van der Waals surface area contributed by atoms with E-state index in [2.05, 4.69) is 5.32 Å². The first-order chi connectivity index (χ1) is 14.4. The van der Waals surface area contributed by atoms with Crippen molar-refractivity contribution >= 4 is 11.8 Å². The Bertz CT molecular complexity index is 850. The number of amides is 2. The molecular weight excluding hydrogens is 376 g/mol. The first kappa shape index (κ1) is 23.5. The van der Waals surface area contributed by atoms with E-state index in [1.165, 1.54) is 0 Å². The predicted octanol–water partition coefficient (Wildman–Crippen LogP) is 4.27. The van der Waals surface area contributed by atoms with Gasteiger partial charge in [-0.25, -0.2) is 0 Å². The fraction of sp³-hybridized carbons (Fsp3) is 0.440. The van der Waals surface area contributed by atoms with E-state index in [0.717, 1.165) is 28.9 Å². The van der Waals surface area contributed by atoms with Gasteiger partial charge in [0.1, 0.15) is 11.8 Å². The fourth-order valence-corrected chi connectivity index (χ4v) is 3.43. The molecule has 0 bridgehead atoms. The maximum absolute atomic E-state index is 13.4. The number of methoxy groups -OCH3 is 1. The standard InChI is InChI=1S/C25H34N2O3/c1-6-19(4)26-25(29)23(7-2)27(17-21-12-9-13-22(15-21)30-5)24(28)16-20-11-8-10-18(3)14-20/h8-15,19,23H,6-7,16-17H2,1-5H3,(H,26,29)/t19-,23+/m0/s1. The second-order valence-corrected chi connectivity index (χ2v) is 7.78. The SMILES string of the molecule is CC[C@H](C(=O)N[C@@H](C)CC)N(Cc1cccc(OC)c1)C(=O)Cc1cccc(C)c1. The maximum atomic E-state index is 13.4. The van der Waals surface area contributed by atoms with Crippen LogP contribution in [0.25, 0.3) is 0 Å². The molecule has 2 amide bonds. The summed E-state index contributed by atoms with van der Waals surface area (Å²) in [4.78, 5) is 28.0. The molecule has 2 atom stereocenters. The van der Waals surface area contributed by atoms with Gasteiger partial charge >= 0.3 is 0 Å². The van der Waals surface area contributed by atoms with E-state index in [-0.39, 0.29) is 24.3 Å². The number of nitrogens with zero attached hydrogens (tertiary/aromatic N) is 1. The zero-order valence-corrected chi connectivity index (χ0v) is 18.8. The van der Waals surface area contributed by atoms with Gasteiger partial charge in [0.15, 0.2) is 0 Å². The quantitative estimate of drug-likeness (QED) is 0.636. The van der Waals surface area contributed by atoms with Gasteiger partial charge in [-0.15, -0.1) is 0 Å². The molecule has 0 aromatic heterocycles. The molecule has 0 fully saturated rings. The molecule has 2 aromatic carbocycles. The van der Waals surface area contributed by atoms with Crippen LogP contribution in [0, 0.1) is 6.92 Å². The van der Waals surface area contributed by atoms with Crippen LogP contribution < -0.4 is 10.1 Å². The minimum atomic E-state index is -0.525. The van der Waals surface area contributed by atoms with E-state index >= 15 is 0 Å². The number of carbonyl (C=O) groups is 2. The normalized spacial score (nSPS) is 12.7. The van der Waals surface area contributed by atoms with Crippen LogP contribution in [-0.4, -0.2) is 35.9 Å². The Kier molecular flexibility index (Phi) is 8.90. The largest absolute Gasteiger partial charge is 0.497 e. The van der Waals surface area contributed by atoms with Crippen molar-refractivity contribution in [3.8, 4) is 5.75 Å². The van der Waals surface area contributed by atoms with Gasteiger partial charge < -0.3 is 15.0 Å². The molecule has 30 heavy (non-hydrogen) atoms. The highest BCUT2D eigenvalue weighted by Gasteiger charge is 2.29. The second-order valence-electron chi connectivity index (χ2n) is 7.78. The third kappa shape index (κ3) is 6.61. The summed E-state index contributed by atoms with van der Waals surface area (Å²) in [6, 6.07) is 15.1. The molecule has 0 spiro atoms. The van der Waals surface area contributed by atoms with Crippen LogP contribution in [0.4, 0.5) is 0 Å². The van der Waals surface area contributed by atoms with Crippen LogP contribution >= 0.6 is 0 Å². The lowest BCUT2D eigenvalue weighted by atomic mass is 10.0. The topological polar surface area (TPSA) is 58.6 Å². The summed E-state index contributed by atoms with van der Waals surface area (Å²) in [6.07, 6.45) is 1.65. The van der Waals surface area contributed by atoms with Gasteiger partial charge in [0.25, 0.3) is 0 Å². The Morgan fingerprint density at radius 2 is 1.73 bits per heavy atom. The fourth-order valence-electron chi connectivity index (χ4n) is 3.43. The van der Waals surface area contributed by atoms with Crippen molar-refractivity contribution in [1.82, 2.24) is 10.2 Å². The molecule has 0 radical (unpaired) electrons. The van der Waals surface area contributed by atoms with Crippen molar-refractivity contribution in [3.63, 3.8) is 0 Å². The van der Waals surface area contributed by atoms with Crippen LogP contribution in [0.2, 0.25) is 0 Å². The van der Waals surface area contributed by atoms with Crippen molar-refractivity contribution < 1.29 is 14.3 Å². The molecule has 0 aliphatic rings. The van der Waals surface area contributed by atoms with Gasteiger partial charge in [-0.05, 0) is 49.9 Å². The molecule has 1 N–H and O–H groups in total. The lowest BCUT2D eigenvalue weighted by Crippen LogP contribution is -2.51. The summed E-state index contributed by atoms with van der Waals surface area (Å²) >= 11 is 0. The third-order valence-corrected chi connectivity index (χ3v) is 5.31.